The maximum atomic E-state index is 12.7. The van der Waals surface area contributed by atoms with Gasteiger partial charge in [-0.2, -0.15) is 0 Å². The lowest BCUT2D eigenvalue weighted by molar-refractivity contribution is 0.104. The minimum atomic E-state index is -0.611. The van der Waals surface area contributed by atoms with Crippen LogP contribution in [-0.2, 0) is 0 Å². The summed E-state index contributed by atoms with van der Waals surface area (Å²) >= 11 is 0. The van der Waals surface area contributed by atoms with E-state index >= 15 is 0 Å². The van der Waals surface area contributed by atoms with E-state index in [0.717, 1.165) is 5.56 Å². The van der Waals surface area contributed by atoms with E-state index < -0.39 is 6.10 Å². The van der Waals surface area contributed by atoms with Crippen LogP contribution in [0, 0.1) is 0 Å². The number of rotatable bonds is 7. The number of hydrogen-bond donors (Lipinski definition) is 2. The molecule has 1 heterocycles. The summed E-state index contributed by atoms with van der Waals surface area (Å²) in [5.74, 6) is 0.553. The van der Waals surface area contributed by atoms with Gasteiger partial charge in [-0.25, -0.2) is 0 Å². The average Bonchev–Trinajstić information content (AvgIpc) is 2.65. The van der Waals surface area contributed by atoms with E-state index in [1.54, 1.807) is 18.2 Å². The SMILES string of the molecule is CC(C)NCC(O)COc1ccc2c(=O)c(-c3ccccc3)coc2c1.Cl. The molecular formula is C21H24ClNO4. The van der Waals surface area contributed by atoms with Crippen molar-refractivity contribution in [2.24, 2.45) is 0 Å². The van der Waals surface area contributed by atoms with Gasteiger partial charge in [0, 0.05) is 18.7 Å². The van der Waals surface area contributed by atoms with E-state index in [9.17, 15) is 9.90 Å². The number of aliphatic hydroxyl groups excluding tert-OH is 1. The van der Waals surface area contributed by atoms with E-state index in [2.05, 4.69) is 5.32 Å². The van der Waals surface area contributed by atoms with Gasteiger partial charge < -0.3 is 19.6 Å². The molecule has 0 aliphatic carbocycles. The highest BCUT2D eigenvalue weighted by Crippen LogP contribution is 2.23. The van der Waals surface area contributed by atoms with E-state index in [4.69, 9.17) is 9.15 Å². The largest absolute Gasteiger partial charge is 0.491 e. The van der Waals surface area contributed by atoms with Crippen LogP contribution in [0.15, 0.2) is 64.0 Å². The molecule has 1 atom stereocenters. The van der Waals surface area contributed by atoms with E-state index in [1.807, 2.05) is 44.2 Å². The number of nitrogens with one attached hydrogen (secondary N) is 1. The molecule has 0 radical (unpaired) electrons. The third-order valence-electron chi connectivity index (χ3n) is 4.03. The molecule has 0 aliphatic heterocycles. The van der Waals surface area contributed by atoms with Crippen molar-refractivity contribution in [3.63, 3.8) is 0 Å². The Balaban J connectivity index is 0.00000261. The summed E-state index contributed by atoms with van der Waals surface area (Å²) in [5, 5.41) is 13.6. The molecule has 3 rings (SSSR count). The van der Waals surface area contributed by atoms with Gasteiger partial charge in [-0.3, -0.25) is 4.79 Å². The number of ether oxygens (including phenoxy) is 1. The molecule has 2 aromatic carbocycles. The zero-order chi connectivity index (χ0) is 18.5. The molecule has 2 N–H and O–H groups in total. The second-order valence-electron chi connectivity index (χ2n) is 6.53. The topological polar surface area (TPSA) is 71.7 Å². The standard InChI is InChI=1S/C21H23NO4.ClH/c1-14(2)22-11-16(23)12-25-17-8-9-18-20(10-17)26-13-19(21(18)24)15-6-4-3-5-7-15;/h3-10,13-14,16,22-23H,11-12H2,1-2H3;1H. The van der Waals surface area contributed by atoms with Crippen LogP contribution in [0.5, 0.6) is 5.75 Å². The number of halogens is 1. The zero-order valence-electron chi connectivity index (χ0n) is 15.3. The first-order chi connectivity index (χ1) is 12.5. The average molecular weight is 390 g/mol. The van der Waals surface area contributed by atoms with Crippen LogP contribution in [-0.4, -0.2) is 30.4 Å². The third kappa shape index (κ3) is 5.32. The summed E-state index contributed by atoms with van der Waals surface area (Å²) < 4.78 is 11.3. The van der Waals surface area contributed by atoms with Gasteiger partial charge in [0.2, 0.25) is 0 Å². The minimum absolute atomic E-state index is 0. The molecule has 3 aromatic rings. The quantitative estimate of drug-likeness (QED) is 0.645. The van der Waals surface area contributed by atoms with E-state index in [-0.39, 0.29) is 24.4 Å². The lowest BCUT2D eigenvalue weighted by atomic mass is 10.1. The number of benzene rings is 2. The lowest BCUT2D eigenvalue weighted by Gasteiger charge is -2.15. The van der Waals surface area contributed by atoms with Crippen LogP contribution in [0.4, 0.5) is 0 Å². The number of hydrogen-bond acceptors (Lipinski definition) is 5. The maximum Gasteiger partial charge on any atom is 0.200 e. The predicted molar refractivity (Wildman–Crippen MR) is 110 cm³/mol. The highest BCUT2D eigenvalue weighted by Gasteiger charge is 2.11. The van der Waals surface area contributed by atoms with E-state index in [0.29, 0.717) is 34.9 Å². The molecule has 0 spiro atoms. The Hall–Kier alpha value is -2.34. The minimum Gasteiger partial charge on any atom is -0.491 e. The van der Waals surface area contributed by atoms with Gasteiger partial charge in [0.05, 0.1) is 10.9 Å². The van der Waals surface area contributed by atoms with Crippen molar-refractivity contribution in [3.8, 4) is 16.9 Å². The Labute approximate surface area is 164 Å². The summed E-state index contributed by atoms with van der Waals surface area (Å²) in [7, 11) is 0. The number of aliphatic hydroxyl groups is 1. The summed E-state index contributed by atoms with van der Waals surface area (Å²) in [4.78, 5) is 12.7. The lowest BCUT2D eigenvalue weighted by Crippen LogP contribution is -2.35. The Kier molecular flexibility index (Phi) is 7.42. The van der Waals surface area contributed by atoms with Crippen LogP contribution in [0.1, 0.15) is 13.8 Å². The van der Waals surface area contributed by atoms with Crippen LogP contribution in [0.2, 0.25) is 0 Å². The summed E-state index contributed by atoms with van der Waals surface area (Å²) in [6, 6.07) is 14.8. The molecule has 0 amide bonds. The molecule has 5 nitrogen and oxygen atoms in total. The normalized spacial score (nSPS) is 12.0. The molecule has 0 saturated carbocycles. The second kappa shape index (κ2) is 9.55. The van der Waals surface area contributed by atoms with Gasteiger partial charge in [-0.15, -0.1) is 12.4 Å². The van der Waals surface area contributed by atoms with Crippen molar-refractivity contribution < 1.29 is 14.3 Å². The van der Waals surface area contributed by atoms with Crippen molar-refractivity contribution >= 4 is 23.4 Å². The predicted octanol–water partition coefficient (Wildman–Crippen LogP) is 3.62. The Morgan fingerprint density at radius 3 is 2.59 bits per heavy atom. The van der Waals surface area contributed by atoms with Gasteiger partial charge in [0.1, 0.15) is 30.3 Å². The monoisotopic (exact) mass is 389 g/mol. The summed E-state index contributed by atoms with van der Waals surface area (Å²) in [6.45, 7) is 4.66. The Morgan fingerprint density at radius 1 is 1.15 bits per heavy atom. The molecule has 6 heteroatoms. The maximum absolute atomic E-state index is 12.7. The molecule has 0 aliphatic rings. The molecule has 0 saturated heterocycles. The molecule has 27 heavy (non-hydrogen) atoms. The van der Waals surface area contributed by atoms with Gasteiger partial charge in [-0.1, -0.05) is 44.2 Å². The first-order valence-electron chi connectivity index (χ1n) is 8.70. The third-order valence-corrected chi connectivity index (χ3v) is 4.03. The van der Waals surface area contributed by atoms with Gasteiger partial charge >= 0.3 is 0 Å². The molecule has 144 valence electrons. The number of fused-ring (bicyclic) bond motifs is 1. The molecule has 1 aromatic heterocycles. The van der Waals surface area contributed by atoms with Crippen LogP contribution in [0.25, 0.3) is 22.1 Å². The fourth-order valence-corrected chi connectivity index (χ4v) is 2.64. The highest BCUT2D eigenvalue weighted by atomic mass is 35.5. The Bertz CT molecular complexity index is 924. The first kappa shape index (κ1) is 21.0. The van der Waals surface area contributed by atoms with E-state index in [1.165, 1.54) is 6.26 Å². The highest BCUT2D eigenvalue weighted by molar-refractivity contribution is 5.85. The van der Waals surface area contributed by atoms with Crippen molar-refractivity contribution in [2.45, 2.75) is 26.0 Å². The van der Waals surface area contributed by atoms with Gasteiger partial charge in [0.15, 0.2) is 5.43 Å². The smallest absolute Gasteiger partial charge is 0.200 e. The molecule has 0 bridgehead atoms. The van der Waals surface area contributed by atoms with Crippen molar-refractivity contribution in [1.29, 1.82) is 0 Å². The fourth-order valence-electron chi connectivity index (χ4n) is 2.64. The van der Waals surface area contributed by atoms with Gasteiger partial charge in [0.25, 0.3) is 0 Å². The van der Waals surface area contributed by atoms with Crippen molar-refractivity contribution in [3.05, 3.63) is 65.0 Å². The summed E-state index contributed by atoms with van der Waals surface area (Å²) in [6.07, 6.45) is 0.867. The Morgan fingerprint density at radius 2 is 1.89 bits per heavy atom. The first-order valence-corrected chi connectivity index (χ1v) is 8.70. The van der Waals surface area contributed by atoms with Crippen molar-refractivity contribution in [2.75, 3.05) is 13.2 Å². The summed E-state index contributed by atoms with van der Waals surface area (Å²) in [5.41, 5.74) is 1.73. The fraction of sp³-hybridized carbons (Fsp3) is 0.286. The molecule has 1 unspecified atom stereocenters. The van der Waals surface area contributed by atoms with Crippen molar-refractivity contribution in [1.82, 2.24) is 5.32 Å². The second-order valence-corrected chi connectivity index (χ2v) is 6.53. The van der Waals surface area contributed by atoms with Gasteiger partial charge in [-0.05, 0) is 17.7 Å². The van der Waals surface area contributed by atoms with Crippen LogP contribution in [0.3, 0.4) is 0 Å². The van der Waals surface area contributed by atoms with Crippen LogP contribution < -0.4 is 15.5 Å². The molecule has 0 fully saturated rings. The molecular weight excluding hydrogens is 366 g/mol. The zero-order valence-corrected chi connectivity index (χ0v) is 16.2. The van der Waals surface area contributed by atoms with Crippen LogP contribution >= 0.6 is 12.4 Å².